The zero-order valence-corrected chi connectivity index (χ0v) is 21.5. The molecule has 206 valence electrons. The molecule has 3 N–H and O–H groups in total. The second-order valence-corrected chi connectivity index (χ2v) is 10.4. The van der Waals surface area contributed by atoms with Crippen molar-refractivity contribution in [2.75, 3.05) is 13.1 Å². The molecule has 1 fully saturated rings. The molecule has 0 radical (unpaired) electrons. The summed E-state index contributed by atoms with van der Waals surface area (Å²) in [4.78, 5) is 32.5. The minimum atomic E-state index is -2.92. The number of aliphatic hydroxyl groups is 1. The van der Waals surface area contributed by atoms with Crippen LogP contribution in [0.25, 0.3) is 21.5 Å². The van der Waals surface area contributed by atoms with E-state index in [4.69, 9.17) is 5.73 Å². The van der Waals surface area contributed by atoms with E-state index in [2.05, 4.69) is 14.5 Å². The molecule has 4 heterocycles. The number of carbonyl (C=O) groups is 1. The van der Waals surface area contributed by atoms with Crippen LogP contribution in [-0.4, -0.2) is 64.7 Å². The third kappa shape index (κ3) is 5.58. The van der Waals surface area contributed by atoms with Crippen LogP contribution in [0, 0.1) is 5.95 Å². The summed E-state index contributed by atoms with van der Waals surface area (Å²) in [5, 5.41) is 14.5. The number of hydrogen-bond acceptors (Lipinski definition) is 8. The van der Waals surface area contributed by atoms with E-state index in [1.807, 2.05) is 24.3 Å². The van der Waals surface area contributed by atoms with E-state index < -0.39 is 36.3 Å². The van der Waals surface area contributed by atoms with E-state index in [0.717, 1.165) is 44.5 Å². The predicted molar refractivity (Wildman–Crippen MR) is 138 cm³/mol. The SMILES string of the molecule is NCc1ccc(-c2snc3c(=O)n(CC4(O)CCN(C(=O)CC(C(F)F)n5ccc(F)n5)CC4)cnc23)cc1. The summed E-state index contributed by atoms with van der Waals surface area (Å²) in [6, 6.07) is 6.95. The van der Waals surface area contributed by atoms with E-state index in [1.54, 1.807) is 0 Å². The first kappa shape index (κ1) is 27.0. The van der Waals surface area contributed by atoms with Crippen LogP contribution in [-0.2, 0) is 17.9 Å². The first-order valence-corrected chi connectivity index (χ1v) is 13.1. The number of rotatable bonds is 8. The molecule has 3 aromatic heterocycles. The van der Waals surface area contributed by atoms with Gasteiger partial charge in [0.25, 0.3) is 12.0 Å². The number of piperidine rings is 1. The molecule has 10 nitrogen and oxygen atoms in total. The van der Waals surface area contributed by atoms with Crippen molar-refractivity contribution in [2.24, 2.45) is 5.73 Å². The summed E-state index contributed by atoms with van der Waals surface area (Å²) in [5.41, 5.74) is 6.48. The summed E-state index contributed by atoms with van der Waals surface area (Å²) >= 11 is 1.16. The molecule has 4 aromatic rings. The summed E-state index contributed by atoms with van der Waals surface area (Å²) in [7, 11) is 0. The van der Waals surface area contributed by atoms with Gasteiger partial charge in [-0.25, -0.2) is 13.8 Å². The van der Waals surface area contributed by atoms with Gasteiger partial charge in [0.05, 0.1) is 29.8 Å². The Balaban J connectivity index is 1.25. The summed E-state index contributed by atoms with van der Waals surface area (Å²) in [5.74, 6) is -1.46. The Bertz CT molecular complexity index is 1530. The van der Waals surface area contributed by atoms with Crippen LogP contribution in [0.3, 0.4) is 0 Å². The molecule has 1 atom stereocenters. The molecule has 1 aromatic carbocycles. The highest BCUT2D eigenvalue weighted by Crippen LogP contribution is 2.31. The topological polar surface area (TPSA) is 132 Å². The van der Waals surface area contributed by atoms with Gasteiger partial charge in [0.15, 0.2) is 5.52 Å². The summed E-state index contributed by atoms with van der Waals surface area (Å²) in [6.07, 6.45) is -0.759. The maximum absolute atomic E-state index is 13.5. The Labute approximate surface area is 224 Å². The lowest BCUT2D eigenvalue weighted by Crippen LogP contribution is -2.50. The molecule has 1 aliphatic rings. The fourth-order valence-electron chi connectivity index (χ4n) is 4.71. The molecule has 39 heavy (non-hydrogen) atoms. The molecular formula is C25H26F3N7O3S. The monoisotopic (exact) mass is 561 g/mol. The zero-order chi connectivity index (χ0) is 27.7. The molecule has 1 aliphatic heterocycles. The standard InChI is InChI=1S/C25H26F3N7O3S/c26-18-5-8-35(31-18)17(23(27)28)11-19(36)33-9-6-25(38,7-10-33)13-34-14-30-20-21(24(34)37)32-39-22(20)16-3-1-15(12-29)2-4-16/h1-5,8,14,17,23,38H,6-7,9-13,29H2. The van der Waals surface area contributed by atoms with Crippen molar-refractivity contribution in [1.82, 2.24) is 28.6 Å². The number of halogens is 3. The van der Waals surface area contributed by atoms with Gasteiger partial charge in [-0.1, -0.05) is 24.3 Å². The molecule has 1 amide bonds. The second kappa shape index (κ2) is 10.9. The van der Waals surface area contributed by atoms with Gasteiger partial charge < -0.3 is 15.7 Å². The van der Waals surface area contributed by atoms with Crippen molar-refractivity contribution < 1.29 is 23.1 Å². The van der Waals surface area contributed by atoms with Gasteiger partial charge in [0, 0.05) is 31.9 Å². The van der Waals surface area contributed by atoms with Gasteiger partial charge in [-0.05, 0) is 35.5 Å². The van der Waals surface area contributed by atoms with Crippen LogP contribution in [0.4, 0.5) is 13.2 Å². The van der Waals surface area contributed by atoms with Crippen molar-refractivity contribution in [3.63, 3.8) is 0 Å². The maximum Gasteiger partial charge on any atom is 0.281 e. The van der Waals surface area contributed by atoms with E-state index >= 15 is 0 Å². The Morgan fingerprint density at radius 3 is 2.49 bits per heavy atom. The highest BCUT2D eigenvalue weighted by molar-refractivity contribution is 7.11. The fourth-order valence-corrected chi connectivity index (χ4v) is 5.53. The quantitative estimate of drug-likeness (QED) is 0.338. The van der Waals surface area contributed by atoms with Crippen molar-refractivity contribution in [3.05, 3.63) is 64.7 Å². The number of fused-ring (bicyclic) bond motifs is 1. The van der Waals surface area contributed by atoms with Gasteiger partial charge in [0.2, 0.25) is 11.9 Å². The highest BCUT2D eigenvalue weighted by atomic mass is 32.1. The van der Waals surface area contributed by atoms with Gasteiger partial charge in [0.1, 0.15) is 11.6 Å². The molecule has 0 saturated carbocycles. The van der Waals surface area contributed by atoms with Crippen LogP contribution in [0.2, 0.25) is 0 Å². The third-order valence-electron chi connectivity index (χ3n) is 7.01. The van der Waals surface area contributed by atoms with Gasteiger partial charge in [-0.2, -0.15) is 8.76 Å². The smallest absolute Gasteiger partial charge is 0.281 e. The molecular weight excluding hydrogens is 535 g/mol. The number of nitrogens with two attached hydrogens (primary N) is 1. The first-order chi connectivity index (χ1) is 18.7. The normalized spacial score (nSPS) is 16.2. The van der Waals surface area contributed by atoms with Crippen LogP contribution in [0.5, 0.6) is 0 Å². The zero-order valence-electron chi connectivity index (χ0n) is 20.7. The predicted octanol–water partition coefficient (Wildman–Crippen LogP) is 2.56. The third-order valence-corrected chi connectivity index (χ3v) is 7.90. The molecule has 14 heteroatoms. The minimum Gasteiger partial charge on any atom is -0.388 e. The minimum absolute atomic E-state index is 0.0545. The van der Waals surface area contributed by atoms with Gasteiger partial charge in [-0.3, -0.25) is 18.8 Å². The van der Waals surface area contributed by atoms with Crippen molar-refractivity contribution in [2.45, 2.75) is 50.4 Å². The Morgan fingerprint density at radius 2 is 1.87 bits per heavy atom. The van der Waals surface area contributed by atoms with E-state index in [-0.39, 0.29) is 43.6 Å². The van der Waals surface area contributed by atoms with Crippen LogP contribution < -0.4 is 11.3 Å². The van der Waals surface area contributed by atoms with E-state index in [9.17, 15) is 27.9 Å². The lowest BCUT2D eigenvalue weighted by molar-refractivity contribution is -0.138. The number of benzene rings is 1. The van der Waals surface area contributed by atoms with Crippen molar-refractivity contribution >= 4 is 28.5 Å². The molecule has 1 saturated heterocycles. The Kier molecular flexibility index (Phi) is 7.51. The van der Waals surface area contributed by atoms with Crippen molar-refractivity contribution in [3.8, 4) is 10.4 Å². The largest absolute Gasteiger partial charge is 0.388 e. The number of carbonyl (C=O) groups excluding carboxylic acids is 1. The number of hydrogen-bond donors (Lipinski definition) is 2. The average molecular weight is 562 g/mol. The number of aromatic nitrogens is 5. The number of alkyl halides is 2. The number of amides is 1. The second-order valence-electron chi connectivity index (χ2n) is 9.62. The number of nitrogens with zero attached hydrogens (tertiary/aromatic N) is 6. The molecule has 0 aliphatic carbocycles. The Morgan fingerprint density at radius 1 is 1.15 bits per heavy atom. The molecule has 0 bridgehead atoms. The van der Waals surface area contributed by atoms with Gasteiger partial charge in [-0.15, -0.1) is 5.10 Å². The first-order valence-electron chi connectivity index (χ1n) is 12.3. The average Bonchev–Trinajstić information content (AvgIpc) is 3.55. The van der Waals surface area contributed by atoms with Crippen LogP contribution >= 0.6 is 11.5 Å². The molecule has 0 spiro atoms. The maximum atomic E-state index is 13.5. The fraction of sp³-hybridized carbons (Fsp3) is 0.400. The van der Waals surface area contributed by atoms with E-state index in [0.29, 0.717) is 12.1 Å². The lowest BCUT2D eigenvalue weighted by atomic mass is 9.91. The Hall–Kier alpha value is -3.62. The molecule has 5 rings (SSSR count). The summed E-state index contributed by atoms with van der Waals surface area (Å²) in [6.45, 7) is 0.594. The van der Waals surface area contributed by atoms with Crippen LogP contribution in [0.15, 0.2) is 47.7 Å². The van der Waals surface area contributed by atoms with Crippen molar-refractivity contribution in [1.29, 1.82) is 0 Å². The van der Waals surface area contributed by atoms with Crippen LogP contribution in [0.1, 0.15) is 30.9 Å². The highest BCUT2D eigenvalue weighted by Gasteiger charge is 2.36. The molecule has 1 unspecified atom stereocenters. The van der Waals surface area contributed by atoms with Gasteiger partial charge >= 0.3 is 0 Å². The number of likely N-dealkylation sites (tertiary alicyclic amines) is 1. The summed E-state index contributed by atoms with van der Waals surface area (Å²) < 4.78 is 46.6. The van der Waals surface area contributed by atoms with E-state index in [1.165, 1.54) is 15.8 Å². The lowest BCUT2D eigenvalue weighted by Gasteiger charge is -2.38.